The number of alkyl halides is 3. The van der Waals surface area contributed by atoms with E-state index in [4.69, 9.17) is 0 Å². The van der Waals surface area contributed by atoms with Crippen LogP contribution in [0.3, 0.4) is 0 Å². The fraction of sp³-hybridized carbons (Fsp3) is 0.591. The second kappa shape index (κ2) is 7.46. The minimum absolute atomic E-state index is 0.0540. The van der Waals surface area contributed by atoms with E-state index in [-0.39, 0.29) is 23.4 Å². The molecule has 0 unspecified atom stereocenters. The van der Waals surface area contributed by atoms with Crippen molar-refractivity contribution in [2.75, 3.05) is 0 Å². The Kier molecular flexibility index (Phi) is 5.31. The summed E-state index contributed by atoms with van der Waals surface area (Å²) in [5.74, 6) is -2.97. The molecule has 0 saturated heterocycles. The molecule has 1 fully saturated rings. The first kappa shape index (κ1) is 22.0. The third kappa shape index (κ3) is 3.50. The molecule has 168 valence electrons. The molecule has 1 N–H and O–H groups in total. The number of hydrogen-bond donors (Lipinski definition) is 1. The van der Waals surface area contributed by atoms with E-state index in [2.05, 4.69) is 0 Å². The molecule has 5 nitrogen and oxygen atoms in total. The van der Waals surface area contributed by atoms with Gasteiger partial charge >= 0.3 is 6.18 Å². The fourth-order valence-corrected chi connectivity index (χ4v) is 5.76. The van der Waals surface area contributed by atoms with E-state index in [0.717, 1.165) is 30.6 Å². The predicted molar refractivity (Wildman–Crippen MR) is 109 cm³/mol. The number of thiophene rings is 1. The van der Waals surface area contributed by atoms with Crippen molar-refractivity contribution in [3.05, 3.63) is 33.7 Å². The number of ketones is 1. The van der Waals surface area contributed by atoms with Crippen LogP contribution >= 0.6 is 11.3 Å². The first-order valence-electron chi connectivity index (χ1n) is 10.5. The smallest absolute Gasteiger partial charge is 0.326 e. The van der Waals surface area contributed by atoms with Crippen LogP contribution in [0.5, 0.6) is 0 Å². The van der Waals surface area contributed by atoms with Gasteiger partial charge in [-0.2, -0.15) is 13.2 Å². The van der Waals surface area contributed by atoms with Crippen molar-refractivity contribution in [2.24, 2.45) is 5.41 Å². The van der Waals surface area contributed by atoms with Crippen LogP contribution in [0.15, 0.2) is 28.8 Å². The summed E-state index contributed by atoms with van der Waals surface area (Å²) in [5, 5.41) is 3.56. The van der Waals surface area contributed by atoms with E-state index >= 15 is 0 Å². The van der Waals surface area contributed by atoms with Gasteiger partial charge in [-0.3, -0.25) is 14.4 Å². The predicted octanol–water partition coefficient (Wildman–Crippen LogP) is 4.60. The lowest BCUT2D eigenvalue weighted by Crippen LogP contribution is -2.66. The molecule has 31 heavy (non-hydrogen) atoms. The van der Waals surface area contributed by atoms with Crippen LogP contribution in [0.1, 0.15) is 68.5 Å². The van der Waals surface area contributed by atoms with Crippen LogP contribution in [-0.2, 0) is 9.59 Å². The van der Waals surface area contributed by atoms with Gasteiger partial charge in [0.1, 0.15) is 0 Å². The number of nitrogens with one attached hydrogen (secondary N) is 1. The number of hydrogen-bond acceptors (Lipinski definition) is 4. The lowest BCUT2D eigenvalue weighted by molar-refractivity contribution is -0.191. The second-order valence-electron chi connectivity index (χ2n) is 9.41. The third-order valence-electron chi connectivity index (χ3n) is 6.47. The van der Waals surface area contributed by atoms with Crippen LogP contribution < -0.4 is 5.32 Å². The van der Waals surface area contributed by atoms with Gasteiger partial charge in [0.15, 0.2) is 5.78 Å². The molecule has 0 spiro atoms. The van der Waals surface area contributed by atoms with Crippen molar-refractivity contribution in [1.29, 1.82) is 0 Å². The van der Waals surface area contributed by atoms with Crippen molar-refractivity contribution in [3.8, 4) is 0 Å². The Morgan fingerprint density at radius 2 is 1.84 bits per heavy atom. The van der Waals surface area contributed by atoms with Gasteiger partial charge in [0.2, 0.25) is 5.54 Å². The highest BCUT2D eigenvalue weighted by Crippen LogP contribution is 2.53. The van der Waals surface area contributed by atoms with Gasteiger partial charge in [-0.15, -0.1) is 11.3 Å². The molecule has 9 heteroatoms. The van der Waals surface area contributed by atoms with Gasteiger partial charge in [-0.05, 0) is 36.1 Å². The zero-order valence-corrected chi connectivity index (χ0v) is 18.3. The van der Waals surface area contributed by atoms with Crippen molar-refractivity contribution >= 4 is 28.9 Å². The average molecular weight is 455 g/mol. The Morgan fingerprint density at radius 1 is 1.16 bits per heavy atom. The average Bonchev–Trinajstić information content (AvgIpc) is 3.27. The summed E-state index contributed by atoms with van der Waals surface area (Å²) in [6, 6.07) is 2.54. The molecule has 3 aliphatic rings. The van der Waals surface area contributed by atoms with E-state index in [0.29, 0.717) is 12.8 Å². The molecule has 4 rings (SSSR count). The lowest BCUT2D eigenvalue weighted by Gasteiger charge is -2.37. The Balaban J connectivity index is 1.88. The maximum atomic E-state index is 14.7. The van der Waals surface area contributed by atoms with E-state index in [1.54, 1.807) is 11.4 Å². The van der Waals surface area contributed by atoms with E-state index in [1.807, 2.05) is 19.2 Å². The van der Waals surface area contributed by atoms with Crippen LogP contribution in [0.25, 0.3) is 0 Å². The first-order chi connectivity index (χ1) is 14.5. The number of Topliss-reactive ketones (excluding diaryl/α,β-unsaturated/α-hetero) is 1. The highest BCUT2D eigenvalue weighted by atomic mass is 32.1. The summed E-state index contributed by atoms with van der Waals surface area (Å²) < 4.78 is 44.1. The Hall–Kier alpha value is -2.16. The van der Waals surface area contributed by atoms with Gasteiger partial charge in [-0.25, -0.2) is 0 Å². The molecule has 1 aromatic rings. The topological polar surface area (TPSA) is 66.5 Å². The number of amides is 2. The number of carbonyl (C=O) groups excluding carboxylic acids is 3. The Morgan fingerprint density at radius 3 is 2.42 bits per heavy atom. The second-order valence-corrected chi connectivity index (χ2v) is 10.4. The van der Waals surface area contributed by atoms with Crippen LogP contribution in [0.2, 0.25) is 0 Å². The summed E-state index contributed by atoms with van der Waals surface area (Å²) in [6.07, 6.45) is -1.31. The van der Waals surface area contributed by atoms with Gasteiger partial charge in [0.25, 0.3) is 11.8 Å². The molecule has 2 heterocycles. The SMILES string of the molecule is CC1(C)CC(=O)C2=C(C1)N(C1CCCCC1)C(=O)[C@@]2(NC(=O)c1cccs1)C(F)(F)F. The van der Waals surface area contributed by atoms with Crippen molar-refractivity contribution in [2.45, 2.75) is 76.6 Å². The van der Waals surface area contributed by atoms with Crippen LogP contribution in [0.4, 0.5) is 13.2 Å². The maximum absolute atomic E-state index is 14.7. The number of carbonyl (C=O) groups is 3. The lowest BCUT2D eigenvalue weighted by atomic mass is 9.72. The van der Waals surface area contributed by atoms with E-state index in [1.165, 1.54) is 11.0 Å². The number of rotatable bonds is 3. The summed E-state index contributed by atoms with van der Waals surface area (Å²) in [4.78, 5) is 40.7. The fourth-order valence-electron chi connectivity index (χ4n) is 5.14. The molecule has 1 aliphatic heterocycles. The zero-order valence-electron chi connectivity index (χ0n) is 17.5. The molecule has 1 saturated carbocycles. The quantitative estimate of drug-likeness (QED) is 0.726. The van der Waals surface area contributed by atoms with Gasteiger partial charge in [-0.1, -0.05) is 39.2 Å². The minimum Gasteiger partial charge on any atom is -0.326 e. The normalized spacial score (nSPS) is 26.9. The highest BCUT2D eigenvalue weighted by Gasteiger charge is 2.72. The minimum atomic E-state index is -5.15. The van der Waals surface area contributed by atoms with Crippen molar-refractivity contribution in [1.82, 2.24) is 10.2 Å². The van der Waals surface area contributed by atoms with E-state index < -0.39 is 46.3 Å². The molecule has 1 atom stereocenters. The largest absolute Gasteiger partial charge is 0.425 e. The van der Waals surface area contributed by atoms with Gasteiger partial charge in [0.05, 0.1) is 10.5 Å². The van der Waals surface area contributed by atoms with E-state index in [9.17, 15) is 27.6 Å². The molecule has 1 aromatic heterocycles. The van der Waals surface area contributed by atoms with Gasteiger partial charge < -0.3 is 10.2 Å². The van der Waals surface area contributed by atoms with Gasteiger partial charge in [0, 0.05) is 18.2 Å². The molecule has 0 aromatic carbocycles. The third-order valence-corrected chi connectivity index (χ3v) is 7.34. The molecular formula is C22H25F3N2O3S. The first-order valence-corrected chi connectivity index (χ1v) is 11.4. The van der Waals surface area contributed by atoms with Crippen LogP contribution in [0, 0.1) is 5.41 Å². The molecular weight excluding hydrogens is 429 g/mol. The molecule has 0 radical (unpaired) electrons. The summed E-state index contributed by atoms with van der Waals surface area (Å²) in [7, 11) is 0. The maximum Gasteiger partial charge on any atom is 0.425 e. The monoisotopic (exact) mass is 454 g/mol. The Bertz CT molecular complexity index is 946. The molecule has 2 aliphatic carbocycles. The summed E-state index contributed by atoms with van der Waals surface area (Å²) >= 11 is 0.978. The highest BCUT2D eigenvalue weighted by molar-refractivity contribution is 7.12. The van der Waals surface area contributed by atoms with Crippen molar-refractivity contribution in [3.63, 3.8) is 0 Å². The summed E-state index contributed by atoms with van der Waals surface area (Å²) in [6.45, 7) is 3.63. The number of nitrogens with zero attached hydrogens (tertiary/aromatic N) is 1. The number of allylic oxidation sites excluding steroid dienone is 1. The number of halogens is 3. The zero-order chi connectivity index (χ0) is 22.6. The standard InChI is InChI=1S/C22H25F3N2O3S/c1-20(2)11-14-17(15(28)12-20)21(22(23,24)25,26-18(29)16-9-6-10-31-16)19(30)27(14)13-7-4-3-5-8-13/h6,9-10,13H,3-5,7-8,11-12H2,1-2H3,(H,26,29)/t21-/m1/s1. The van der Waals surface area contributed by atoms with Crippen LogP contribution in [-0.4, -0.2) is 40.3 Å². The summed E-state index contributed by atoms with van der Waals surface area (Å²) in [5.41, 5.74) is -4.35. The molecule has 0 bridgehead atoms. The molecule has 2 amide bonds. The Labute approximate surface area is 182 Å². The van der Waals surface area contributed by atoms with Crippen molar-refractivity contribution < 1.29 is 27.6 Å².